The maximum atomic E-state index is 14.1. The summed E-state index contributed by atoms with van der Waals surface area (Å²) in [5.41, 5.74) is 10.9. The first-order valence-corrected chi connectivity index (χ1v) is 12.4. The van der Waals surface area contributed by atoms with Crippen molar-refractivity contribution >= 4 is 40.6 Å². The van der Waals surface area contributed by atoms with Gasteiger partial charge in [-0.05, 0) is 61.6 Å². The van der Waals surface area contributed by atoms with Gasteiger partial charge >= 0.3 is 0 Å². The molecule has 1 atom stereocenters. The average Bonchev–Trinajstić information content (AvgIpc) is 3.28. The Hall–Kier alpha value is -4.19. The van der Waals surface area contributed by atoms with Crippen LogP contribution in [0.15, 0.2) is 42.5 Å². The van der Waals surface area contributed by atoms with Crippen LogP contribution in [0.25, 0.3) is 0 Å². The van der Waals surface area contributed by atoms with Gasteiger partial charge < -0.3 is 26.3 Å². The highest BCUT2D eigenvalue weighted by molar-refractivity contribution is 7.09. The van der Waals surface area contributed by atoms with E-state index in [4.69, 9.17) is 20.9 Å². The van der Waals surface area contributed by atoms with E-state index in [1.54, 1.807) is 12.1 Å². The number of nitrogens with one attached hydrogen (secondary N) is 1. The number of ether oxygens (including phenoxy) is 2. The van der Waals surface area contributed by atoms with Crippen LogP contribution < -0.4 is 31.2 Å². The zero-order chi connectivity index (χ0) is 28.2. The van der Waals surface area contributed by atoms with Crippen molar-refractivity contribution in [2.75, 3.05) is 24.9 Å². The van der Waals surface area contributed by atoms with Crippen molar-refractivity contribution in [2.45, 2.75) is 38.8 Å². The molecule has 0 aliphatic carbocycles. The molecule has 0 aliphatic heterocycles. The molecule has 0 saturated carbocycles. The lowest BCUT2D eigenvalue weighted by Gasteiger charge is -2.34. The van der Waals surface area contributed by atoms with Crippen LogP contribution in [-0.2, 0) is 4.79 Å². The number of nitrogen functional groups attached to an aromatic ring is 1. The topological polar surface area (TPSA) is 150 Å². The molecule has 1 aromatic heterocycles. The van der Waals surface area contributed by atoms with Gasteiger partial charge in [-0.3, -0.25) is 19.3 Å². The molecule has 0 saturated heterocycles. The van der Waals surface area contributed by atoms with Crippen LogP contribution in [0.1, 0.15) is 59.0 Å². The smallest absolute Gasteiger partial charge is 0.273 e. The Morgan fingerprint density at radius 3 is 2.26 bits per heavy atom. The van der Waals surface area contributed by atoms with E-state index in [0.29, 0.717) is 35.0 Å². The van der Waals surface area contributed by atoms with Gasteiger partial charge in [0.05, 0.1) is 19.9 Å². The van der Waals surface area contributed by atoms with Crippen LogP contribution >= 0.6 is 11.5 Å². The number of benzene rings is 2. The molecule has 0 radical (unpaired) electrons. The zero-order valence-corrected chi connectivity index (χ0v) is 22.5. The van der Waals surface area contributed by atoms with E-state index in [1.807, 2.05) is 20.8 Å². The number of anilines is 2. The van der Waals surface area contributed by atoms with Crippen molar-refractivity contribution in [1.29, 1.82) is 0 Å². The van der Waals surface area contributed by atoms with E-state index < -0.39 is 35.1 Å². The molecular formula is C26H30FN5O5S. The van der Waals surface area contributed by atoms with Crippen molar-refractivity contribution in [3.8, 4) is 11.5 Å². The van der Waals surface area contributed by atoms with Crippen LogP contribution in [0.2, 0.25) is 0 Å². The number of hydrogen-bond donors (Lipinski definition) is 3. The summed E-state index contributed by atoms with van der Waals surface area (Å²) in [5.74, 6) is -1.96. The lowest BCUT2D eigenvalue weighted by molar-refractivity contribution is -0.124. The van der Waals surface area contributed by atoms with Crippen molar-refractivity contribution in [3.05, 3.63) is 64.4 Å². The van der Waals surface area contributed by atoms with Crippen LogP contribution in [-0.4, -0.2) is 41.9 Å². The van der Waals surface area contributed by atoms with Gasteiger partial charge in [0.2, 0.25) is 5.91 Å². The highest BCUT2D eigenvalue weighted by Gasteiger charge is 2.38. The number of primary amides is 1. The lowest BCUT2D eigenvalue weighted by Crippen LogP contribution is -2.50. The van der Waals surface area contributed by atoms with Gasteiger partial charge in [0.1, 0.15) is 16.7 Å². The lowest BCUT2D eigenvalue weighted by atomic mass is 9.98. The van der Waals surface area contributed by atoms with Gasteiger partial charge in [-0.1, -0.05) is 19.1 Å². The zero-order valence-electron chi connectivity index (χ0n) is 21.7. The monoisotopic (exact) mass is 543 g/mol. The summed E-state index contributed by atoms with van der Waals surface area (Å²) in [6.45, 7) is 5.60. The Kier molecular flexibility index (Phi) is 8.56. The van der Waals surface area contributed by atoms with Crippen molar-refractivity contribution < 1.29 is 28.2 Å². The first kappa shape index (κ1) is 28.4. The van der Waals surface area contributed by atoms with E-state index in [9.17, 15) is 18.8 Å². The van der Waals surface area contributed by atoms with E-state index in [2.05, 4.69) is 9.69 Å². The molecule has 5 N–H and O–H groups in total. The first-order valence-electron chi connectivity index (χ1n) is 11.6. The fourth-order valence-electron chi connectivity index (χ4n) is 3.65. The average molecular weight is 544 g/mol. The molecule has 38 heavy (non-hydrogen) atoms. The third-order valence-electron chi connectivity index (χ3n) is 6.06. The van der Waals surface area contributed by atoms with E-state index >= 15 is 0 Å². The molecular weight excluding hydrogens is 513 g/mol. The molecule has 0 fully saturated rings. The second kappa shape index (κ2) is 11.5. The molecule has 202 valence electrons. The predicted octanol–water partition coefficient (Wildman–Crippen LogP) is 3.67. The third kappa shape index (κ3) is 5.86. The number of rotatable bonds is 10. The summed E-state index contributed by atoms with van der Waals surface area (Å²) in [5, 5.41) is 2.96. The number of methoxy groups -OCH3 is 2. The van der Waals surface area contributed by atoms with Crippen molar-refractivity contribution in [1.82, 2.24) is 9.69 Å². The van der Waals surface area contributed by atoms with Gasteiger partial charge in [-0.25, -0.2) is 4.39 Å². The predicted molar refractivity (Wildman–Crippen MR) is 143 cm³/mol. The maximum Gasteiger partial charge on any atom is 0.273 e. The van der Waals surface area contributed by atoms with Crippen LogP contribution in [0.5, 0.6) is 11.5 Å². The molecule has 0 aliphatic rings. The Balaban J connectivity index is 2.29. The highest BCUT2D eigenvalue weighted by Crippen LogP contribution is 2.38. The van der Waals surface area contributed by atoms with Crippen LogP contribution in [0, 0.1) is 5.82 Å². The number of hydrogen-bond acceptors (Lipinski definition) is 8. The summed E-state index contributed by atoms with van der Waals surface area (Å²) >= 11 is 0.683. The molecule has 2 aromatic carbocycles. The third-order valence-corrected chi connectivity index (χ3v) is 6.91. The van der Waals surface area contributed by atoms with E-state index in [0.717, 1.165) is 0 Å². The Labute approximate surface area is 223 Å². The Bertz CT molecular complexity index is 1340. The Morgan fingerprint density at radius 2 is 1.74 bits per heavy atom. The maximum absolute atomic E-state index is 14.1. The van der Waals surface area contributed by atoms with Crippen molar-refractivity contribution in [3.63, 3.8) is 0 Å². The van der Waals surface area contributed by atoms with Gasteiger partial charge in [0.25, 0.3) is 11.8 Å². The molecule has 0 spiro atoms. The summed E-state index contributed by atoms with van der Waals surface area (Å²) in [6.07, 6.45) is 0.600. The minimum absolute atomic E-state index is 0.0942. The molecule has 3 amide bonds. The highest BCUT2D eigenvalue weighted by atomic mass is 32.1. The molecule has 1 unspecified atom stereocenters. The second-order valence-corrected chi connectivity index (χ2v) is 9.81. The molecule has 3 rings (SSSR count). The summed E-state index contributed by atoms with van der Waals surface area (Å²) in [4.78, 5) is 40.8. The number of amides is 3. The number of carbonyl (C=O) groups excluding carboxylic acids is 3. The fourth-order valence-corrected chi connectivity index (χ4v) is 4.39. The van der Waals surface area contributed by atoms with Crippen molar-refractivity contribution in [2.24, 2.45) is 5.73 Å². The van der Waals surface area contributed by atoms with E-state index in [1.165, 1.54) is 49.5 Å². The summed E-state index contributed by atoms with van der Waals surface area (Å²) in [7, 11) is 2.90. The van der Waals surface area contributed by atoms with Crippen LogP contribution in [0.4, 0.5) is 15.8 Å². The quantitative estimate of drug-likeness (QED) is 0.353. The molecule has 0 bridgehead atoms. The molecule has 1 heterocycles. The van der Waals surface area contributed by atoms with Gasteiger partial charge in [0.15, 0.2) is 17.2 Å². The summed E-state index contributed by atoms with van der Waals surface area (Å²) in [6, 6.07) is 8.64. The van der Waals surface area contributed by atoms with Gasteiger partial charge in [0, 0.05) is 17.3 Å². The number of halogens is 1. The van der Waals surface area contributed by atoms with Crippen LogP contribution in [0.3, 0.4) is 0 Å². The van der Waals surface area contributed by atoms with Gasteiger partial charge in [-0.15, -0.1) is 0 Å². The number of carbonyl (C=O) groups is 3. The van der Waals surface area contributed by atoms with E-state index in [-0.39, 0.29) is 21.9 Å². The number of nitrogens with zero attached hydrogens (tertiary/aromatic N) is 2. The largest absolute Gasteiger partial charge is 0.493 e. The van der Waals surface area contributed by atoms with Gasteiger partial charge in [-0.2, -0.15) is 4.37 Å². The molecule has 3 aromatic rings. The minimum atomic E-state index is -1.27. The molecule has 12 heteroatoms. The fraction of sp³-hybridized carbons (Fsp3) is 0.308. The standard InChI is InChI=1S/C26H30FN5O5S/c1-6-26(2,3)30-24(34)21(14-7-9-15(27)10-8-14)32(16-11-12-17(36-4)18(13-16)37-5)25(35)22-19(28)20(23(29)33)31-38-22/h7-13,21H,6,28H2,1-5H3,(H2,29,33)(H,30,34). The first-order chi connectivity index (χ1) is 17.9. The molecule has 10 nitrogen and oxygen atoms in total. The Morgan fingerprint density at radius 1 is 1.11 bits per heavy atom. The number of aromatic nitrogens is 1. The minimum Gasteiger partial charge on any atom is -0.493 e. The normalized spacial score (nSPS) is 11.9. The summed E-state index contributed by atoms with van der Waals surface area (Å²) < 4.78 is 28.5. The second-order valence-electron chi connectivity index (χ2n) is 9.03. The SMILES string of the molecule is CCC(C)(C)NC(=O)C(c1ccc(F)cc1)N(C(=O)c1snc(C(N)=O)c1N)c1ccc(OC)c(OC)c1. The number of nitrogens with two attached hydrogens (primary N) is 2.